The first-order valence-electron chi connectivity index (χ1n) is 28.2. The molecule has 0 saturated heterocycles. The van der Waals surface area contributed by atoms with Crippen LogP contribution in [0.25, 0.3) is 0 Å². The molecule has 63 heavy (non-hydrogen) atoms. The Morgan fingerprint density at radius 2 is 0.524 bits per heavy atom. The first-order chi connectivity index (χ1) is 30.7. The summed E-state index contributed by atoms with van der Waals surface area (Å²) in [6, 6.07) is 0. The smallest absolute Gasteiger partial charge is 0.306 e. The molecule has 1 atom stereocenters. The second-order valence-electron chi connectivity index (χ2n) is 20.5. The SMILES string of the molecule is CCCCCCCCCCCCCCCCCCCC(=O)O[C@H](COC(=O)CCCCCCCCCCCCCCCCCCC(C)C)COC(=O)CCCCCCCCC(C)C. The van der Waals surface area contributed by atoms with Crippen LogP contribution in [0.4, 0.5) is 0 Å². The Morgan fingerprint density at radius 3 is 0.778 bits per heavy atom. The first-order valence-corrected chi connectivity index (χ1v) is 28.2. The van der Waals surface area contributed by atoms with Gasteiger partial charge in [-0.15, -0.1) is 0 Å². The monoisotopic (exact) mass is 891 g/mol. The zero-order chi connectivity index (χ0) is 46.1. The first kappa shape index (κ1) is 61.4. The quantitative estimate of drug-likeness (QED) is 0.0344. The van der Waals surface area contributed by atoms with Crippen molar-refractivity contribution in [3.05, 3.63) is 0 Å². The minimum absolute atomic E-state index is 0.0638. The topological polar surface area (TPSA) is 78.9 Å². The average molecular weight is 892 g/mol. The molecule has 374 valence electrons. The van der Waals surface area contributed by atoms with Crippen molar-refractivity contribution in [1.29, 1.82) is 0 Å². The molecular formula is C57H110O6. The standard InChI is InChI=1S/C57H110O6/c1-6-7-8-9-10-11-12-13-14-15-20-23-26-29-32-39-44-49-57(60)63-54(51-62-56(59)48-43-38-34-33-36-41-46-53(4)5)50-61-55(58)47-42-37-31-28-25-22-19-17-16-18-21-24-27-30-35-40-45-52(2)3/h52-54H,6-51H2,1-5H3/t54-/m1/s1. The van der Waals surface area contributed by atoms with Gasteiger partial charge in [0.05, 0.1) is 0 Å². The van der Waals surface area contributed by atoms with Gasteiger partial charge in [-0.05, 0) is 31.1 Å². The molecule has 6 nitrogen and oxygen atoms in total. The Morgan fingerprint density at radius 1 is 0.302 bits per heavy atom. The molecule has 0 bridgehead atoms. The van der Waals surface area contributed by atoms with Gasteiger partial charge in [0, 0.05) is 19.3 Å². The summed E-state index contributed by atoms with van der Waals surface area (Å²) in [5.41, 5.74) is 0. The van der Waals surface area contributed by atoms with Crippen molar-refractivity contribution < 1.29 is 28.6 Å². The number of rotatable bonds is 51. The van der Waals surface area contributed by atoms with Crippen molar-refractivity contribution in [2.75, 3.05) is 13.2 Å². The lowest BCUT2D eigenvalue weighted by atomic mass is 10.0. The van der Waals surface area contributed by atoms with E-state index in [4.69, 9.17) is 14.2 Å². The van der Waals surface area contributed by atoms with Gasteiger partial charge in [0.2, 0.25) is 0 Å². The second kappa shape index (κ2) is 49.8. The minimum Gasteiger partial charge on any atom is -0.462 e. The van der Waals surface area contributed by atoms with Crippen LogP contribution in [0, 0.1) is 11.8 Å². The lowest BCUT2D eigenvalue weighted by Crippen LogP contribution is -2.30. The van der Waals surface area contributed by atoms with E-state index in [9.17, 15) is 14.4 Å². The summed E-state index contributed by atoms with van der Waals surface area (Å²) in [6.45, 7) is 11.3. The molecule has 0 fully saturated rings. The number of ether oxygens (including phenoxy) is 3. The minimum atomic E-state index is -0.762. The predicted octanol–water partition coefficient (Wildman–Crippen LogP) is 18.5. The van der Waals surface area contributed by atoms with E-state index in [1.54, 1.807) is 0 Å². The fourth-order valence-electron chi connectivity index (χ4n) is 8.70. The highest BCUT2D eigenvalue weighted by atomic mass is 16.6. The molecule has 0 aliphatic heterocycles. The van der Waals surface area contributed by atoms with Crippen LogP contribution in [0.3, 0.4) is 0 Å². The van der Waals surface area contributed by atoms with Crippen LogP contribution in [0.1, 0.15) is 317 Å². The summed E-state index contributed by atoms with van der Waals surface area (Å²) in [6.07, 6.45) is 52.5. The van der Waals surface area contributed by atoms with Crippen molar-refractivity contribution in [2.45, 2.75) is 323 Å². The predicted molar refractivity (Wildman–Crippen MR) is 270 cm³/mol. The van der Waals surface area contributed by atoms with E-state index < -0.39 is 6.10 Å². The lowest BCUT2D eigenvalue weighted by molar-refractivity contribution is -0.167. The third-order valence-electron chi connectivity index (χ3n) is 13.0. The number of esters is 3. The maximum atomic E-state index is 12.8. The molecular weight excluding hydrogens is 781 g/mol. The zero-order valence-corrected chi connectivity index (χ0v) is 43.2. The molecule has 0 amide bonds. The summed E-state index contributed by atoms with van der Waals surface area (Å²) >= 11 is 0. The van der Waals surface area contributed by atoms with Gasteiger partial charge >= 0.3 is 17.9 Å². The maximum Gasteiger partial charge on any atom is 0.306 e. The van der Waals surface area contributed by atoms with Gasteiger partial charge in [0.1, 0.15) is 13.2 Å². The van der Waals surface area contributed by atoms with Gasteiger partial charge < -0.3 is 14.2 Å². The highest BCUT2D eigenvalue weighted by Gasteiger charge is 2.19. The van der Waals surface area contributed by atoms with Crippen LogP contribution in [0.2, 0.25) is 0 Å². The van der Waals surface area contributed by atoms with E-state index in [0.29, 0.717) is 19.3 Å². The molecule has 0 N–H and O–H groups in total. The molecule has 0 rings (SSSR count). The van der Waals surface area contributed by atoms with Crippen molar-refractivity contribution in [3.8, 4) is 0 Å². The van der Waals surface area contributed by atoms with E-state index in [2.05, 4.69) is 34.6 Å². The number of carbonyl (C=O) groups excluding carboxylic acids is 3. The van der Waals surface area contributed by atoms with Crippen molar-refractivity contribution in [1.82, 2.24) is 0 Å². The fraction of sp³-hybridized carbons (Fsp3) is 0.947. The van der Waals surface area contributed by atoms with Gasteiger partial charge in [0.25, 0.3) is 0 Å². The van der Waals surface area contributed by atoms with Crippen LogP contribution < -0.4 is 0 Å². The number of hydrogen-bond donors (Lipinski definition) is 0. The largest absolute Gasteiger partial charge is 0.462 e. The van der Waals surface area contributed by atoms with Crippen molar-refractivity contribution in [2.24, 2.45) is 11.8 Å². The number of carbonyl (C=O) groups is 3. The van der Waals surface area contributed by atoms with Gasteiger partial charge in [-0.2, -0.15) is 0 Å². The molecule has 0 aliphatic rings. The molecule has 6 heteroatoms. The second-order valence-corrected chi connectivity index (χ2v) is 20.5. The van der Waals surface area contributed by atoms with Gasteiger partial charge in [-0.1, -0.05) is 279 Å². The molecule has 0 unspecified atom stereocenters. The normalized spacial score (nSPS) is 12.0. The van der Waals surface area contributed by atoms with E-state index in [1.165, 1.54) is 205 Å². The van der Waals surface area contributed by atoms with Crippen molar-refractivity contribution >= 4 is 17.9 Å². The van der Waals surface area contributed by atoms with E-state index in [1.807, 2.05) is 0 Å². The van der Waals surface area contributed by atoms with Gasteiger partial charge in [-0.3, -0.25) is 14.4 Å². The van der Waals surface area contributed by atoms with E-state index >= 15 is 0 Å². The van der Waals surface area contributed by atoms with Crippen LogP contribution in [-0.4, -0.2) is 37.2 Å². The van der Waals surface area contributed by atoms with Gasteiger partial charge in [-0.25, -0.2) is 0 Å². The zero-order valence-electron chi connectivity index (χ0n) is 43.2. The molecule has 0 spiro atoms. The Hall–Kier alpha value is -1.59. The van der Waals surface area contributed by atoms with Gasteiger partial charge in [0.15, 0.2) is 6.10 Å². The Kier molecular flexibility index (Phi) is 48.6. The fourth-order valence-corrected chi connectivity index (χ4v) is 8.70. The summed E-state index contributed by atoms with van der Waals surface area (Å²) < 4.78 is 16.8. The Bertz CT molecular complexity index is 962. The lowest BCUT2D eigenvalue weighted by Gasteiger charge is -2.18. The summed E-state index contributed by atoms with van der Waals surface area (Å²) in [5.74, 6) is 0.769. The number of unbranched alkanes of at least 4 members (excludes halogenated alkanes) is 36. The van der Waals surface area contributed by atoms with Crippen LogP contribution in [0.15, 0.2) is 0 Å². The summed E-state index contributed by atoms with van der Waals surface area (Å²) in [7, 11) is 0. The third kappa shape index (κ3) is 51.3. The molecule has 0 aliphatic carbocycles. The average Bonchev–Trinajstić information content (AvgIpc) is 3.25. The molecule has 0 aromatic heterocycles. The molecule has 0 radical (unpaired) electrons. The molecule has 0 saturated carbocycles. The van der Waals surface area contributed by atoms with Crippen LogP contribution >= 0.6 is 0 Å². The number of hydrogen-bond acceptors (Lipinski definition) is 6. The Labute approximate surface area is 393 Å². The van der Waals surface area contributed by atoms with Crippen molar-refractivity contribution in [3.63, 3.8) is 0 Å². The van der Waals surface area contributed by atoms with E-state index in [-0.39, 0.29) is 31.1 Å². The molecule has 0 heterocycles. The maximum absolute atomic E-state index is 12.8. The third-order valence-corrected chi connectivity index (χ3v) is 13.0. The highest BCUT2D eigenvalue weighted by Crippen LogP contribution is 2.18. The van der Waals surface area contributed by atoms with E-state index in [0.717, 1.165) is 69.6 Å². The summed E-state index contributed by atoms with van der Waals surface area (Å²) in [4.78, 5) is 38.0. The van der Waals surface area contributed by atoms with Crippen LogP contribution in [0.5, 0.6) is 0 Å². The molecule has 0 aromatic carbocycles. The highest BCUT2D eigenvalue weighted by molar-refractivity contribution is 5.71. The molecule has 0 aromatic rings. The van der Waals surface area contributed by atoms with Crippen LogP contribution in [-0.2, 0) is 28.6 Å². The summed E-state index contributed by atoms with van der Waals surface area (Å²) in [5, 5.41) is 0. The Balaban J connectivity index is 4.21.